The van der Waals surface area contributed by atoms with Gasteiger partial charge in [0.05, 0.1) is 6.61 Å². The van der Waals surface area contributed by atoms with E-state index in [1.54, 1.807) is 19.1 Å². The Morgan fingerprint density at radius 1 is 0.949 bits per heavy atom. The maximum Gasteiger partial charge on any atom is 0.340 e. The number of ether oxygens (including phenoxy) is 1. The minimum atomic E-state index is -4.59. The molecule has 39 heavy (non-hydrogen) atoms. The highest BCUT2D eigenvalue weighted by Crippen LogP contribution is 2.33. The van der Waals surface area contributed by atoms with Crippen molar-refractivity contribution in [2.75, 3.05) is 39.4 Å². The van der Waals surface area contributed by atoms with E-state index in [0.29, 0.717) is 6.42 Å². The largest absolute Gasteiger partial charge is 0.489 e. The molecule has 0 spiro atoms. The predicted molar refractivity (Wildman–Crippen MR) is 146 cm³/mol. The molecule has 1 amide bonds. The van der Waals surface area contributed by atoms with Gasteiger partial charge in [0.1, 0.15) is 16.4 Å². The Balaban J connectivity index is 0.00000533. The van der Waals surface area contributed by atoms with Crippen LogP contribution in [0.3, 0.4) is 0 Å². The molecule has 0 aliphatic carbocycles. The number of piperazine rings is 1. The van der Waals surface area contributed by atoms with E-state index in [2.05, 4.69) is 5.16 Å². The first-order valence-corrected chi connectivity index (χ1v) is 14.5. The van der Waals surface area contributed by atoms with Crippen LogP contribution in [0.4, 0.5) is 0 Å². The average Bonchev–Trinajstić information content (AvgIpc) is 2.87. The zero-order chi connectivity index (χ0) is 27.9. The van der Waals surface area contributed by atoms with Crippen molar-refractivity contribution in [3.63, 3.8) is 0 Å². The van der Waals surface area contributed by atoms with Gasteiger partial charge in [0, 0.05) is 39.5 Å². The summed E-state index contributed by atoms with van der Waals surface area (Å²) in [5.74, 6) is -0.332. The second-order valence-corrected chi connectivity index (χ2v) is 11.8. The number of hydrogen-bond donors (Lipinski definition) is 2. The van der Waals surface area contributed by atoms with Crippen LogP contribution in [-0.2, 0) is 29.8 Å². The Labute approximate surface area is 234 Å². The zero-order valence-corrected chi connectivity index (χ0v) is 23.9. The van der Waals surface area contributed by atoms with E-state index < -0.39 is 29.9 Å². The van der Waals surface area contributed by atoms with Crippen molar-refractivity contribution in [1.82, 2.24) is 9.21 Å². The second-order valence-electron chi connectivity index (χ2n) is 8.40. The van der Waals surface area contributed by atoms with Gasteiger partial charge in [0.2, 0.25) is 21.9 Å². The van der Waals surface area contributed by atoms with Gasteiger partial charge >= 0.3 is 10.1 Å². The topological polar surface area (TPSA) is 184 Å². The molecule has 4 N–H and O–H groups in total. The molecule has 0 atom stereocenters. The lowest BCUT2D eigenvalue weighted by Gasteiger charge is -2.33. The molecule has 0 saturated carbocycles. The molecule has 1 saturated heterocycles. The first kappa shape index (κ1) is 31.9. The van der Waals surface area contributed by atoms with Crippen LogP contribution in [0.15, 0.2) is 57.4 Å². The van der Waals surface area contributed by atoms with Crippen LogP contribution in [0.1, 0.15) is 18.9 Å². The molecule has 1 aliphatic rings. The van der Waals surface area contributed by atoms with Crippen molar-refractivity contribution in [3.8, 4) is 11.5 Å². The van der Waals surface area contributed by atoms with Gasteiger partial charge in [-0.25, -0.2) is 8.42 Å². The van der Waals surface area contributed by atoms with E-state index >= 15 is 0 Å². The van der Waals surface area contributed by atoms with Gasteiger partial charge in [0.25, 0.3) is 0 Å². The minimum Gasteiger partial charge on any atom is -0.489 e. The van der Waals surface area contributed by atoms with Crippen LogP contribution >= 0.6 is 12.4 Å². The summed E-state index contributed by atoms with van der Waals surface area (Å²) in [5.41, 5.74) is 11.1. The molecule has 0 aromatic heterocycles. The highest BCUT2D eigenvalue weighted by atomic mass is 35.5. The van der Waals surface area contributed by atoms with E-state index in [9.17, 15) is 21.6 Å². The van der Waals surface area contributed by atoms with Crippen LogP contribution in [0, 0.1) is 6.92 Å². The smallest absolute Gasteiger partial charge is 0.340 e. The summed E-state index contributed by atoms with van der Waals surface area (Å²) >= 11 is 0. The highest BCUT2D eigenvalue weighted by molar-refractivity contribution is 7.91. The van der Waals surface area contributed by atoms with E-state index in [1.165, 1.54) is 42.2 Å². The molecule has 1 fully saturated rings. The summed E-state index contributed by atoms with van der Waals surface area (Å²) < 4.78 is 65.7. The average molecular weight is 606 g/mol. The lowest BCUT2D eigenvalue weighted by Crippen LogP contribution is -2.50. The van der Waals surface area contributed by atoms with Crippen LogP contribution < -0.4 is 20.4 Å². The zero-order valence-electron chi connectivity index (χ0n) is 21.5. The SMILES string of the molecule is CC(=O)N1CCN(S(=O)(=O)c2ccccc2S(=O)(=O)Oc2ccc(C)cc2OCCCON=C(N)N)CC1.Cl. The monoisotopic (exact) mass is 605 g/mol. The third-order valence-electron chi connectivity index (χ3n) is 5.53. The molecule has 2 aromatic carbocycles. The van der Waals surface area contributed by atoms with Crippen molar-refractivity contribution in [3.05, 3.63) is 48.0 Å². The maximum atomic E-state index is 13.4. The van der Waals surface area contributed by atoms with E-state index in [4.69, 9.17) is 25.2 Å². The molecule has 0 unspecified atom stereocenters. The number of halogens is 1. The van der Waals surface area contributed by atoms with Crippen molar-refractivity contribution in [1.29, 1.82) is 0 Å². The number of rotatable bonds is 11. The molecule has 2 aromatic rings. The van der Waals surface area contributed by atoms with Gasteiger partial charge in [-0.15, -0.1) is 12.4 Å². The molecule has 1 heterocycles. The van der Waals surface area contributed by atoms with Gasteiger partial charge in [0.15, 0.2) is 11.5 Å². The number of hydrogen-bond acceptors (Lipinski definition) is 9. The third kappa shape index (κ3) is 8.36. The maximum absolute atomic E-state index is 13.4. The number of carbonyl (C=O) groups is 1. The van der Waals surface area contributed by atoms with Crippen molar-refractivity contribution in [2.24, 2.45) is 16.6 Å². The van der Waals surface area contributed by atoms with E-state index in [1.807, 2.05) is 0 Å². The van der Waals surface area contributed by atoms with Crippen molar-refractivity contribution in [2.45, 2.75) is 30.1 Å². The number of carbonyl (C=O) groups excluding carboxylic acids is 1. The molecule has 13 nitrogen and oxygen atoms in total. The van der Waals surface area contributed by atoms with Gasteiger partial charge in [-0.2, -0.15) is 12.7 Å². The van der Waals surface area contributed by atoms with Crippen LogP contribution in [0.25, 0.3) is 0 Å². The summed E-state index contributed by atoms with van der Waals surface area (Å²) in [5, 5.41) is 3.40. The van der Waals surface area contributed by atoms with E-state index in [-0.39, 0.29) is 75.2 Å². The van der Waals surface area contributed by atoms with Gasteiger partial charge < -0.3 is 30.1 Å². The number of guanidine groups is 1. The molecule has 16 heteroatoms. The molecular weight excluding hydrogens is 574 g/mol. The molecule has 216 valence electrons. The summed E-state index contributed by atoms with van der Waals surface area (Å²) in [6.07, 6.45) is 0.384. The van der Waals surface area contributed by atoms with Gasteiger partial charge in [-0.3, -0.25) is 4.79 Å². The molecule has 3 rings (SSSR count). The van der Waals surface area contributed by atoms with Crippen molar-refractivity contribution >= 4 is 44.4 Å². The Hall–Kier alpha value is -3.27. The fraction of sp³-hybridized carbons (Fsp3) is 0.391. The lowest BCUT2D eigenvalue weighted by molar-refractivity contribution is -0.129. The van der Waals surface area contributed by atoms with E-state index in [0.717, 1.165) is 9.87 Å². The number of amides is 1. The third-order valence-corrected chi connectivity index (χ3v) is 8.91. The standard InChI is InChI=1S/C23H31N5O8S2.ClH/c1-17-8-9-19(20(16-17)34-14-5-15-35-26-23(24)25)36-38(32,33)22-7-4-3-6-21(22)37(30,31)28-12-10-27(11-13-28)18(2)29;/h3-4,6-9,16H,5,10-15H2,1-2H3,(H4,24,25,26);1H. The van der Waals surface area contributed by atoms with Crippen LogP contribution in [0.2, 0.25) is 0 Å². The summed E-state index contributed by atoms with van der Waals surface area (Å²) in [6, 6.07) is 9.89. The predicted octanol–water partition coefficient (Wildman–Crippen LogP) is 1.01. The first-order chi connectivity index (χ1) is 17.9. The first-order valence-electron chi connectivity index (χ1n) is 11.7. The Morgan fingerprint density at radius 3 is 2.21 bits per heavy atom. The lowest BCUT2D eigenvalue weighted by atomic mass is 10.2. The van der Waals surface area contributed by atoms with Crippen LogP contribution in [0.5, 0.6) is 11.5 Å². The number of aryl methyl sites for hydroxylation is 1. The molecule has 0 bridgehead atoms. The summed E-state index contributed by atoms with van der Waals surface area (Å²) in [6.45, 7) is 4.00. The van der Waals surface area contributed by atoms with Gasteiger partial charge in [-0.1, -0.05) is 18.2 Å². The van der Waals surface area contributed by atoms with Gasteiger partial charge in [-0.05, 0) is 41.9 Å². The number of nitrogens with zero attached hydrogens (tertiary/aromatic N) is 3. The molecular formula is C23H32ClN5O8S2. The Morgan fingerprint density at radius 2 is 1.59 bits per heavy atom. The normalized spacial score (nSPS) is 14.2. The van der Waals surface area contributed by atoms with Crippen molar-refractivity contribution < 1.29 is 35.4 Å². The Bertz CT molecular complexity index is 1390. The number of nitrogens with two attached hydrogens (primary N) is 2. The summed E-state index contributed by atoms with van der Waals surface area (Å²) in [7, 11) is -8.80. The van der Waals surface area contributed by atoms with Crippen LogP contribution in [-0.4, -0.2) is 77.3 Å². The quantitative estimate of drug-likeness (QED) is 0.123. The summed E-state index contributed by atoms with van der Waals surface area (Å²) in [4.78, 5) is 17.1. The molecule has 1 aliphatic heterocycles. The number of oxime groups is 1. The minimum absolute atomic E-state index is 0. The number of sulfonamides is 1. The molecule has 0 radical (unpaired) electrons. The number of benzene rings is 2. The highest BCUT2D eigenvalue weighted by Gasteiger charge is 2.34. The fourth-order valence-electron chi connectivity index (χ4n) is 3.64. The fourth-order valence-corrected chi connectivity index (χ4v) is 6.78. The Kier molecular flexibility index (Phi) is 11.2. The second kappa shape index (κ2) is 13.7.